The third-order valence-electron chi connectivity index (χ3n) is 9.15. The summed E-state index contributed by atoms with van der Waals surface area (Å²) in [6.45, 7) is 6.43. The molecule has 2 aliphatic carbocycles. The molecule has 5 rings (SSSR count). The second kappa shape index (κ2) is 8.86. The predicted molar refractivity (Wildman–Crippen MR) is 132 cm³/mol. The Hall–Kier alpha value is -2.51. The van der Waals surface area contributed by atoms with Crippen molar-refractivity contribution in [3.63, 3.8) is 0 Å². The van der Waals surface area contributed by atoms with Crippen LogP contribution in [0.4, 0.5) is 5.69 Å². The van der Waals surface area contributed by atoms with E-state index in [2.05, 4.69) is 24.0 Å². The number of ether oxygens (including phenoxy) is 1. The number of amides is 2. The number of piperidine rings is 1. The average molecular weight is 481 g/mol. The number of allylic oxidation sites excluding steroid dienone is 1. The van der Waals surface area contributed by atoms with Crippen LogP contribution >= 0.6 is 0 Å². The van der Waals surface area contributed by atoms with Crippen LogP contribution in [-0.4, -0.2) is 59.6 Å². The summed E-state index contributed by atoms with van der Waals surface area (Å²) in [6.07, 6.45) is 9.68. The van der Waals surface area contributed by atoms with Crippen LogP contribution in [0, 0.1) is 16.7 Å². The maximum absolute atomic E-state index is 13.4. The molecule has 0 radical (unpaired) electrons. The number of imide groups is 1. The molecule has 7 nitrogen and oxygen atoms in total. The van der Waals surface area contributed by atoms with E-state index in [1.54, 1.807) is 31.2 Å². The largest absolute Gasteiger partial charge is 0.461 e. The molecule has 1 N–H and O–H groups in total. The van der Waals surface area contributed by atoms with Gasteiger partial charge in [0.1, 0.15) is 6.61 Å². The molecule has 2 heterocycles. The van der Waals surface area contributed by atoms with Crippen LogP contribution in [0.1, 0.15) is 69.2 Å². The predicted octanol–water partition coefficient (Wildman–Crippen LogP) is 3.71. The molecule has 1 saturated carbocycles. The number of carbonyl (C=O) groups excluding carboxylic acids is 3. The van der Waals surface area contributed by atoms with Crippen LogP contribution < -0.4 is 4.90 Å². The van der Waals surface area contributed by atoms with E-state index in [0.717, 1.165) is 50.1 Å². The van der Waals surface area contributed by atoms with Crippen LogP contribution in [-0.2, 0) is 14.3 Å². The maximum Gasteiger partial charge on any atom is 0.340 e. The minimum absolute atomic E-state index is 0.112. The van der Waals surface area contributed by atoms with Gasteiger partial charge in [-0.3, -0.25) is 9.59 Å². The highest BCUT2D eigenvalue weighted by molar-refractivity contribution is 6.22. The summed E-state index contributed by atoms with van der Waals surface area (Å²) in [6, 6.07) is 6.65. The number of para-hydroxylation sites is 1. The Morgan fingerprint density at radius 1 is 1.14 bits per heavy atom. The first-order valence-electron chi connectivity index (χ1n) is 13.0. The van der Waals surface area contributed by atoms with E-state index in [4.69, 9.17) is 4.74 Å². The fourth-order valence-corrected chi connectivity index (χ4v) is 7.27. The normalized spacial score (nSPS) is 35.1. The van der Waals surface area contributed by atoms with Crippen molar-refractivity contribution in [1.29, 1.82) is 0 Å². The zero-order chi connectivity index (χ0) is 24.8. The summed E-state index contributed by atoms with van der Waals surface area (Å²) in [5.41, 5.74) is -1.22. The van der Waals surface area contributed by atoms with Crippen molar-refractivity contribution >= 4 is 23.5 Å². The van der Waals surface area contributed by atoms with Crippen molar-refractivity contribution in [2.45, 2.75) is 64.4 Å². The quantitative estimate of drug-likeness (QED) is 0.393. The van der Waals surface area contributed by atoms with Crippen LogP contribution in [0.2, 0.25) is 0 Å². The summed E-state index contributed by atoms with van der Waals surface area (Å²) < 4.78 is 5.99. The molecule has 7 heteroatoms. The lowest BCUT2D eigenvalue weighted by atomic mass is 9.47. The van der Waals surface area contributed by atoms with Gasteiger partial charge in [-0.15, -0.1) is 0 Å². The summed E-state index contributed by atoms with van der Waals surface area (Å²) >= 11 is 0. The van der Waals surface area contributed by atoms with Crippen LogP contribution in [0.3, 0.4) is 0 Å². The second-order valence-corrected chi connectivity index (χ2v) is 11.1. The summed E-state index contributed by atoms with van der Waals surface area (Å²) in [7, 11) is 0. The van der Waals surface area contributed by atoms with Crippen LogP contribution in [0.5, 0.6) is 0 Å². The lowest BCUT2D eigenvalue weighted by Crippen LogP contribution is -2.73. The first kappa shape index (κ1) is 24.2. The molecule has 0 spiro atoms. The molecule has 2 amide bonds. The third kappa shape index (κ3) is 3.66. The highest BCUT2D eigenvalue weighted by Gasteiger charge is 2.67. The lowest BCUT2D eigenvalue weighted by Gasteiger charge is -2.66. The number of hydrogen-bond donors (Lipinski definition) is 1. The molecular weight excluding hydrogens is 444 g/mol. The Balaban J connectivity index is 1.44. The Kier molecular flexibility index (Phi) is 6.12. The van der Waals surface area contributed by atoms with Gasteiger partial charge in [-0.1, -0.05) is 44.6 Å². The van der Waals surface area contributed by atoms with E-state index in [1.165, 1.54) is 0 Å². The fraction of sp³-hybridized carbons (Fsp3) is 0.607. The molecule has 3 fully saturated rings. The van der Waals surface area contributed by atoms with Crippen molar-refractivity contribution in [2.24, 2.45) is 16.7 Å². The van der Waals surface area contributed by atoms with Gasteiger partial charge in [-0.05, 0) is 50.8 Å². The van der Waals surface area contributed by atoms with Crippen molar-refractivity contribution in [3.05, 3.63) is 42.0 Å². The van der Waals surface area contributed by atoms with E-state index in [0.29, 0.717) is 13.0 Å². The number of carbonyl (C=O) groups is 3. The van der Waals surface area contributed by atoms with Crippen molar-refractivity contribution in [3.8, 4) is 0 Å². The van der Waals surface area contributed by atoms with E-state index in [9.17, 15) is 19.5 Å². The van der Waals surface area contributed by atoms with Gasteiger partial charge in [0.25, 0.3) is 0 Å². The monoisotopic (exact) mass is 480 g/mol. The molecule has 2 saturated heterocycles. The van der Waals surface area contributed by atoms with Crippen molar-refractivity contribution < 1.29 is 24.2 Å². The van der Waals surface area contributed by atoms with Gasteiger partial charge in [-0.2, -0.15) is 0 Å². The SMILES string of the molecule is CCN1C[C@]23CCC=CC[C@@]2(O)[C@@](COC(=O)c2ccccc2N2C(=O)C[C@@H](C)C2=O)(CCC3)C1. The Morgan fingerprint density at radius 3 is 2.69 bits per heavy atom. The molecule has 2 aliphatic heterocycles. The van der Waals surface area contributed by atoms with E-state index < -0.39 is 22.9 Å². The molecule has 1 aromatic carbocycles. The minimum atomic E-state index is -0.937. The lowest BCUT2D eigenvalue weighted by molar-refractivity contribution is -0.254. The first-order valence-corrected chi connectivity index (χ1v) is 13.0. The van der Waals surface area contributed by atoms with Gasteiger partial charge >= 0.3 is 5.97 Å². The molecular formula is C28H36N2O5. The summed E-state index contributed by atoms with van der Waals surface area (Å²) in [5, 5.41) is 12.3. The standard InChI is InChI=1S/C28H36N2O5/c1-3-29-17-26-12-7-4-8-15-28(26,34)27(18-29,14-9-13-26)19-35-25(33)21-10-5-6-11-22(21)30-23(31)16-20(2)24(30)32/h4-6,8,10-11,20,34H,3,7,9,12-19H2,1-2H3/t20-,26-,27+,28+/m1/s1. The third-order valence-corrected chi connectivity index (χ3v) is 9.15. The molecule has 2 bridgehead atoms. The van der Waals surface area contributed by atoms with Gasteiger partial charge in [0.2, 0.25) is 11.8 Å². The molecule has 0 aromatic heterocycles. The van der Waals surface area contributed by atoms with Crippen molar-refractivity contribution in [2.75, 3.05) is 31.1 Å². The number of benzene rings is 1. The maximum atomic E-state index is 13.4. The van der Waals surface area contributed by atoms with Crippen LogP contribution in [0.25, 0.3) is 0 Å². The number of likely N-dealkylation sites (tertiary alicyclic amines) is 1. The zero-order valence-corrected chi connectivity index (χ0v) is 20.8. The number of anilines is 1. The summed E-state index contributed by atoms with van der Waals surface area (Å²) in [5.74, 6) is -1.56. The second-order valence-electron chi connectivity index (χ2n) is 11.1. The minimum Gasteiger partial charge on any atom is -0.461 e. The van der Waals surface area contributed by atoms with Gasteiger partial charge in [0.15, 0.2) is 0 Å². The van der Waals surface area contributed by atoms with Gasteiger partial charge in [0.05, 0.1) is 16.9 Å². The smallest absolute Gasteiger partial charge is 0.340 e. The molecule has 0 unspecified atom stereocenters. The Labute approximate surface area is 207 Å². The van der Waals surface area contributed by atoms with Crippen LogP contribution in [0.15, 0.2) is 36.4 Å². The highest BCUT2D eigenvalue weighted by atomic mass is 16.5. The molecule has 1 aromatic rings. The molecule has 4 atom stereocenters. The zero-order valence-electron chi connectivity index (χ0n) is 20.8. The Bertz CT molecular complexity index is 1070. The van der Waals surface area contributed by atoms with Crippen molar-refractivity contribution in [1.82, 2.24) is 4.90 Å². The number of aliphatic hydroxyl groups is 1. The van der Waals surface area contributed by atoms with Gasteiger partial charge in [-0.25, -0.2) is 9.69 Å². The molecule has 188 valence electrons. The van der Waals surface area contributed by atoms with E-state index in [1.807, 2.05) is 0 Å². The van der Waals surface area contributed by atoms with Gasteiger partial charge in [0, 0.05) is 36.3 Å². The number of rotatable bonds is 5. The molecule has 35 heavy (non-hydrogen) atoms. The fourth-order valence-electron chi connectivity index (χ4n) is 7.27. The number of nitrogens with zero attached hydrogens (tertiary/aromatic N) is 2. The topological polar surface area (TPSA) is 87.2 Å². The average Bonchev–Trinajstić information content (AvgIpc) is 2.97. The first-order chi connectivity index (χ1) is 16.8. The molecule has 4 aliphatic rings. The highest BCUT2D eigenvalue weighted by Crippen LogP contribution is 2.62. The number of esters is 1. The van der Waals surface area contributed by atoms with E-state index in [-0.39, 0.29) is 41.5 Å². The van der Waals surface area contributed by atoms with E-state index >= 15 is 0 Å². The summed E-state index contributed by atoms with van der Waals surface area (Å²) in [4.78, 5) is 42.1. The number of hydrogen-bond acceptors (Lipinski definition) is 6. The Morgan fingerprint density at radius 2 is 1.94 bits per heavy atom. The van der Waals surface area contributed by atoms with Gasteiger partial charge < -0.3 is 14.7 Å².